The lowest BCUT2D eigenvalue weighted by atomic mass is 9.90. The van der Waals surface area contributed by atoms with Crippen molar-refractivity contribution in [1.29, 1.82) is 0 Å². The summed E-state index contributed by atoms with van der Waals surface area (Å²) in [5, 5.41) is 42.5. The molecular formula is C24H38BNO5. The van der Waals surface area contributed by atoms with Gasteiger partial charge in [-0.1, -0.05) is 56.5 Å². The predicted octanol–water partition coefficient (Wildman–Crippen LogP) is 3.92. The number of fused-ring (bicyclic) bond motifs is 3. The van der Waals surface area contributed by atoms with Gasteiger partial charge in [0.05, 0.1) is 11.2 Å². The fourth-order valence-electron chi connectivity index (χ4n) is 2.93. The third-order valence-electron chi connectivity index (χ3n) is 5.41. The van der Waals surface area contributed by atoms with Gasteiger partial charge in [-0.3, -0.25) is 0 Å². The second kappa shape index (κ2) is 12.2. The number of hydrogen-bond donors (Lipinski definition) is 6. The second-order valence-electron chi connectivity index (χ2n) is 8.79. The van der Waals surface area contributed by atoms with Crippen molar-refractivity contribution in [2.75, 3.05) is 0 Å². The lowest BCUT2D eigenvalue weighted by molar-refractivity contribution is -0.107. The highest BCUT2D eigenvalue weighted by molar-refractivity contribution is 6.30. The third kappa shape index (κ3) is 9.01. The van der Waals surface area contributed by atoms with E-state index < -0.39 is 18.5 Å². The van der Waals surface area contributed by atoms with E-state index in [-0.39, 0.29) is 0 Å². The first-order chi connectivity index (χ1) is 14.4. The molecule has 1 heterocycles. The van der Waals surface area contributed by atoms with Gasteiger partial charge >= 0.3 is 7.32 Å². The van der Waals surface area contributed by atoms with E-state index in [9.17, 15) is 0 Å². The lowest BCUT2D eigenvalue weighted by Gasteiger charge is -2.31. The molecule has 1 aromatic heterocycles. The molecule has 0 aliphatic carbocycles. The van der Waals surface area contributed by atoms with Gasteiger partial charge in [-0.2, -0.15) is 0 Å². The topological polar surface area (TPSA) is 117 Å². The monoisotopic (exact) mass is 431 g/mol. The minimum Gasteiger partial charge on any atom is -0.402 e. The Bertz CT molecular complexity index is 895. The number of nitrogens with one attached hydrogen (secondary N) is 1. The minimum atomic E-state index is -2.17. The molecule has 7 heteroatoms. The number of aryl methyl sites for hydroxylation is 1. The van der Waals surface area contributed by atoms with E-state index in [2.05, 4.69) is 54.4 Å². The Morgan fingerprint density at radius 1 is 0.774 bits per heavy atom. The molecule has 31 heavy (non-hydrogen) atoms. The maximum atomic E-state index is 9.10. The Hall–Kier alpha value is -1.90. The first kappa shape index (κ1) is 27.1. The molecule has 0 spiro atoms. The van der Waals surface area contributed by atoms with Gasteiger partial charge in [-0.25, -0.2) is 0 Å². The summed E-state index contributed by atoms with van der Waals surface area (Å²) >= 11 is 0. The van der Waals surface area contributed by atoms with Crippen LogP contribution in [0.1, 0.15) is 65.9 Å². The standard InChI is InChI=1S/C18H21N.C6H14O2.BH3O3/c1-2-3-4-5-9-14-10-8-13-17-18(14)15-11-6-7-12-16(15)19-17;1-5(2,7)6(3,4)8;2-1(3)4/h6-8,10-13,19H,2-5,9H2,1H3;7-8H,1-4H3;2-4H. The molecule has 172 valence electrons. The van der Waals surface area contributed by atoms with Crippen LogP contribution in [0.5, 0.6) is 0 Å². The average molecular weight is 431 g/mol. The highest BCUT2D eigenvalue weighted by Crippen LogP contribution is 2.29. The van der Waals surface area contributed by atoms with E-state index in [0.717, 1.165) is 0 Å². The Kier molecular flexibility index (Phi) is 10.7. The number of H-pyrrole nitrogens is 1. The summed E-state index contributed by atoms with van der Waals surface area (Å²) in [7, 11) is -2.17. The van der Waals surface area contributed by atoms with Crippen molar-refractivity contribution >= 4 is 29.1 Å². The van der Waals surface area contributed by atoms with E-state index in [1.807, 2.05) is 0 Å². The van der Waals surface area contributed by atoms with Gasteiger partial charge in [0.2, 0.25) is 0 Å². The fourth-order valence-corrected chi connectivity index (χ4v) is 2.93. The molecule has 0 amide bonds. The summed E-state index contributed by atoms with van der Waals surface area (Å²) in [6.07, 6.45) is 6.49. The molecule has 3 aromatic rings. The molecule has 0 atom stereocenters. The zero-order valence-electron chi connectivity index (χ0n) is 19.4. The van der Waals surface area contributed by atoms with Crippen molar-refractivity contribution in [3.8, 4) is 0 Å². The Balaban J connectivity index is 0.000000336. The lowest BCUT2D eigenvalue weighted by Crippen LogP contribution is -2.44. The van der Waals surface area contributed by atoms with Crippen molar-refractivity contribution in [1.82, 2.24) is 4.98 Å². The van der Waals surface area contributed by atoms with Gasteiger partial charge in [-0.05, 0) is 58.2 Å². The molecule has 0 unspecified atom stereocenters. The highest BCUT2D eigenvalue weighted by atomic mass is 16.5. The molecule has 6 N–H and O–H groups in total. The molecule has 3 rings (SSSR count). The predicted molar refractivity (Wildman–Crippen MR) is 129 cm³/mol. The van der Waals surface area contributed by atoms with E-state index in [1.54, 1.807) is 27.7 Å². The van der Waals surface area contributed by atoms with Crippen LogP contribution in [-0.2, 0) is 6.42 Å². The molecule has 0 saturated carbocycles. The molecule has 0 aliphatic rings. The Labute approximate surface area is 185 Å². The van der Waals surface area contributed by atoms with Crippen LogP contribution in [-0.4, -0.2) is 48.8 Å². The zero-order chi connectivity index (χ0) is 23.7. The Morgan fingerprint density at radius 2 is 1.32 bits per heavy atom. The van der Waals surface area contributed by atoms with Gasteiger partial charge < -0.3 is 30.3 Å². The van der Waals surface area contributed by atoms with Gasteiger partial charge in [0.25, 0.3) is 0 Å². The summed E-state index contributed by atoms with van der Waals surface area (Å²) in [6.45, 7) is 8.57. The molecule has 0 saturated heterocycles. The number of aromatic amines is 1. The summed E-state index contributed by atoms with van der Waals surface area (Å²) in [5.41, 5.74) is 2.00. The van der Waals surface area contributed by atoms with Crippen molar-refractivity contribution in [3.63, 3.8) is 0 Å². The first-order valence-electron chi connectivity index (χ1n) is 10.9. The van der Waals surface area contributed by atoms with Gasteiger partial charge in [0.15, 0.2) is 0 Å². The van der Waals surface area contributed by atoms with Crippen LogP contribution in [0.4, 0.5) is 0 Å². The number of benzene rings is 2. The van der Waals surface area contributed by atoms with E-state index in [4.69, 9.17) is 25.3 Å². The number of unbranched alkanes of at least 4 members (excludes halogenated alkanes) is 3. The van der Waals surface area contributed by atoms with Crippen LogP contribution in [0.3, 0.4) is 0 Å². The number of para-hydroxylation sites is 1. The van der Waals surface area contributed by atoms with Crippen LogP contribution in [0.15, 0.2) is 42.5 Å². The molecule has 6 nitrogen and oxygen atoms in total. The van der Waals surface area contributed by atoms with Gasteiger partial charge in [0, 0.05) is 21.8 Å². The van der Waals surface area contributed by atoms with Crippen LogP contribution in [0.2, 0.25) is 0 Å². The number of aliphatic hydroxyl groups is 2. The van der Waals surface area contributed by atoms with E-state index in [1.165, 1.54) is 59.5 Å². The summed E-state index contributed by atoms with van der Waals surface area (Å²) in [6, 6.07) is 15.3. The quantitative estimate of drug-likeness (QED) is 0.261. The normalized spacial score (nSPS) is 11.5. The summed E-state index contributed by atoms with van der Waals surface area (Å²) < 4.78 is 0. The largest absolute Gasteiger partial charge is 0.631 e. The van der Waals surface area contributed by atoms with Crippen LogP contribution < -0.4 is 0 Å². The fraction of sp³-hybridized carbons (Fsp3) is 0.500. The number of rotatable bonds is 6. The second-order valence-corrected chi connectivity index (χ2v) is 8.79. The van der Waals surface area contributed by atoms with Crippen LogP contribution >= 0.6 is 0 Å². The smallest absolute Gasteiger partial charge is 0.402 e. The molecule has 0 radical (unpaired) electrons. The SMILES string of the molecule is CC(C)(O)C(C)(C)O.CCCCCCc1cccc2[nH]c3ccccc3c12.OB(O)O. The summed E-state index contributed by atoms with van der Waals surface area (Å²) in [4.78, 5) is 3.52. The molecule has 0 bridgehead atoms. The maximum Gasteiger partial charge on any atom is 0.631 e. The zero-order valence-corrected chi connectivity index (χ0v) is 19.4. The molecule has 0 aliphatic heterocycles. The van der Waals surface area contributed by atoms with Crippen molar-refractivity contribution in [2.45, 2.75) is 77.9 Å². The number of aromatic nitrogens is 1. The first-order valence-corrected chi connectivity index (χ1v) is 10.9. The molecular weight excluding hydrogens is 393 g/mol. The van der Waals surface area contributed by atoms with Crippen LogP contribution in [0.25, 0.3) is 21.8 Å². The minimum absolute atomic E-state index is 1.01. The van der Waals surface area contributed by atoms with E-state index >= 15 is 0 Å². The number of hydrogen-bond acceptors (Lipinski definition) is 5. The van der Waals surface area contributed by atoms with Crippen molar-refractivity contribution in [3.05, 3.63) is 48.0 Å². The van der Waals surface area contributed by atoms with Gasteiger partial charge in [-0.15, -0.1) is 0 Å². The van der Waals surface area contributed by atoms with Gasteiger partial charge in [0.1, 0.15) is 0 Å². The summed E-state index contributed by atoms with van der Waals surface area (Å²) in [5.74, 6) is 0. The van der Waals surface area contributed by atoms with Crippen molar-refractivity contribution in [2.24, 2.45) is 0 Å². The Morgan fingerprint density at radius 3 is 1.87 bits per heavy atom. The van der Waals surface area contributed by atoms with Crippen LogP contribution in [0, 0.1) is 0 Å². The highest BCUT2D eigenvalue weighted by Gasteiger charge is 2.31. The van der Waals surface area contributed by atoms with Crippen molar-refractivity contribution < 1.29 is 25.3 Å². The maximum absolute atomic E-state index is 9.10. The third-order valence-corrected chi connectivity index (χ3v) is 5.41. The molecule has 0 fully saturated rings. The van der Waals surface area contributed by atoms with E-state index in [0.29, 0.717) is 0 Å². The molecule has 2 aromatic carbocycles. The average Bonchev–Trinajstić information content (AvgIpc) is 3.03.